The van der Waals surface area contributed by atoms with Crippen LogP contribution in [0.15, 0.2) is 24.3 Å². The minimum Gasteiger partial charge on any atom is -0.390 e. The van der Waals surface area contributed by atoms with Crippen molar-refractivity contribution >= 4 is 0 Å². The third kappa shape index (κ3) is 3.46. The average molecular weight is 275 g/mol. The van der Waals surface area contributed by atoms with Crippen LogP contribution < -0.4 is 0 Å². The molecule has 1 aromatic carbocycles. The molecule has 0 saturated carbocycles. The Hall–Kier alpha value is -1.11. The minimum absolute atomic E-state index is 0.00721. The van der Waals surface area contributed by atoms with Crippen molar-refractivity contribution in [2.75, 3.05) is 13.1 Å². The van der Waals surface area contributed by atoms with E-state index in [4.69, 9.17) is 0 Å². The van der Waals surface area contributed by atoms with Crippen molar-refractivity contribution in [2.24, 2.45) is 5.92 Å². The van der Waals surface area contributed by atoms with Crippen molar-refractivity contribution in [1.82, 2.24) is 4.90 Å². The van der Waals surface area contributed by atoms with E-state index in [1.807, 2.05) is 0 Å². The van der Waals surface area contributed by atoms with Crippen LogP contribution in [0, 0.1) is 11.7 Å². The monoisotopic (exact) mass is 275 g/mol. The van der Waals surface area contributed by atoms with Gasteiger partial charge in [-0.2, -0.15) is 0 Å². The van der Waals surface area contributed by atoms with Gasteiger partial charge in [-0.15, -0.1) is 0 Å². The van der Waals surface area contributed by atoms with Crippen molar-refractivity contribution in [3.05, 3.63) is 35.6 Å². The number of aliphatic hydroxyl groups excluding tert-OH is 2. The van der Waals surface area contributed by atoms with Gasteiger partial charge in [0.05, 0.1) is 18.1 Å². The molecule has 3 nitrogen and oxygen atoms in total. The Morgan fingerprint density at radius 3 is 2.37 bits per heavy atom. The molecular weight excluding hydrogens is 259 g/mol. The Bertz CT molecular complexity index is 413. The summed E-state index contributed by atoms with van der Waals surface area (Å²) < 4.78 is 38.3. The summed E-state index contributed by atoms with van der Waals surface area (Å²) in [6, 6.07) is 5.75. The van der Waals surface area contributed by atoms with Crippen LogP contribution in [0.4, 0.5) is 13.2 Å². The van der Waals surface area contributed by atoms with Crippen LogP contribution in [0.1, 0.15) is 5.56 Å². The van der Waals surface area contributed by atoms with Gasteiger partial charge in [-0.25, -0.2) is 13.2 Å². The SMILES string of the molecule is O[C@@H]1CN(Cc2ccc(F)cc2)CC(C(F)F)[C@H]1O. The first-order valence-corrected chi connectivity index (χ1v) is 6.08. The number of β-amino-alcohol motifs (C(OH)–C–C–N with tert-alkyl or cyclic N) is 1. The van der Waals surface area contributed by atoms with Gasteiger partial charge in [0, 0.05) is 19.6 Å². The third-order valence-electron chi connectivity index (χ3n) is 3.39. The molecule has 2 N–H and O–H groups in total. The van der Waals surface area contributed by atoms with Crippen molar-refractivity contribution < 1.29 is 23.4 Å². The molecule has 6 heteroatoms. The summed E-state index contributed by atoms with van der Waals surface area (Å²) in [5.41, 5.74) is 0.776. The smallest absolute Gasteiger partial charge is 0.245 e. The standard InChI is InChI=1S/C13H16F3NO2/c14-9-3-1-8(2-4-9)5-17-6-10(13(15)16)12(19)11(18)7-17/h1-4,10-13,18-19H,5-7H2/t10?,11-,12-/m1/s1. The van der Waals surface area contributed by atoms with Gasteiger partial charge in [-0.05, 0) is 17.7 Å². The van der Waals surface area contributed by atoms with E-state index in [1.54, 1.807) is 17.0 Å². The number of piperidine rings is 1. The second-order valence-corrected chi connectivity index (χ2v) is 4.88. The Balaban J connectivity index is 2.02. The van der Waals surface area contributed by atoms with Crippen molar-refractivity contribution in [1.29, 1.82) is 0 Å². The molecule has 0 aromatic heterocycles. The van der Waals surface area contributed by atoms with E-state index >= 15 is 0 Å². The summed E-state index contributed by atoms with van der Waals surface area (Å²) in [5, 5.41) is 19.1. The van der Waals surface area contributed by atoms with Crippen LogP contribution in [-0.4, -0.2) is 46.8 Å². The minimum atomic E-state index is -2.68. The molecular formula is C13H16F3NO2. The largest absolute Gasteiger partial charge is 0.390 e. The predicted octanol–water partition coefficient (Wildman–Crippen LogP) is 1.24. The molecule has 0 amide bonds. The second kappa shape index (κ2) is 5.90. The molecule has 1 aliphatic rings. The summed E-state index contributed by atoms with van der Waals surface area (Å²) in [7, 11) is 0. The molecule has 19 heavy (non-hydrogen) atoms. The lowest BCUT2D eigenvalue weighted by molar-refractivity contribution is -0.118. The van der Waals surface area contributed by atoms with Crippen LogP contribution in [0.3, 0.4) is 0 Å². The highest BCUT2D eigenvalue weighted by atomic mass is 19.3. The van der Waals surface area contributed by atoms with E-state index in [0.29, 0.717) is 6.54 Å². The maximum absolute atomic E-state index is 12.8. The lowest BCUT2D eigenvalue weighted by Crippen LogP contribution is -2.54. The zero-order valence-corrected chi connectivity index (χ0v) is 10.2. The first kappa shape index (κ1) is 14.3. The average Bonchev–Trinajstić information content (AvgIpc) is 2.36. The van der Waals surface area contributed by atoms with Crippen LogP contribution in [0.5, 0.6) is 0 Å². The summed E-state index contributed by atoms with van der Waals surface area (Å²) in [5.74, 6) is -1.62. The molecule has 1 saturated heterocycles. The molecule has 0 spiro atoms. The lowest BCUT2D eigenvalue weighted by Gasteiger charge is -2.38. The lowest BCUT2D eigenvalue weighted by atomic mass is 9.92. The first-order chi connectivity index (χ1) is 8.97. The van der Waals surface area contributed by atoms with Gasteiger partial charge in [0.1, 0.15) is 5.82 Å². The van der Waals surface area contributed by atoms with Crippen molar-refractivity contribution in [3.8, 4) is 0 Å². The zero-order valence-electron chi connectivity index (χ0n) is 10.2. The molecule has 0 radical (unpaired) electrons. The maximum atomic E-state index is 12.8. The third-order valence-corrected chi connectivity index (χ3v) is 3.39. The molecule has 2 rings (SSSR count). The maximum Gasteiger partial charge on any atom is 0.245 e. The number of hydrogen-bond acceptors (Lipinski definition) is 3. The molecule has 3 atom stereocenters. The second-order valence-electron chi connectivity index (χ2n) is 4.88. The quantitative estimate of drug-likeness (QED) is 0.872. The van der Waals surface area contributed by atoms with E-state index < -0.39 is 24.6 Å². The normalized spacial score (nSPS) is 28.8. The van der Waals surface area contributed by atoms with E-state index in [0.717, 1.165) is 5.56 Å². The van der Waals surface area contributed by atoms with E-state index in [1.165, 1.54) is 12.1 Å². The van der Waals surface area contributed by atoms with Gasteiger partial charge in [0.2, 0.25) is 6.43 Å². The number of likely N-dealkylation sites (tertiary alicyclic amines) is 1. The van der Waals surface area contributed by atoms with Gasteiger partial charge in [0.25, 0.3) is 0 Å². The van der Waals surface area contributed by atoms with Gasteiger partial charge in [-0.3, -0.25) is 4.90 Å². The number of rotatable bonds is 3. The molecule has 0 aliphatic carbocycles. The summed E-state index contributed by atoms with van der Waals surface area (Å²) >= 11 is 0. The molecule has 1 heterocycles. The highest BCUT2D eigenvalue weighted by Crippen LogP contribution is 2.24. The number of alkyl halides is 2. The summed E-state index contributed by atoms with van der Waals surface area (Å²) in [4.78, 5) is 1.64. The Kier molecular flexibility index (Phi) is 4.44. The number of benzene rings is 1. The number of hydrogen-bond donors (Lipinski definition) is 2. The fourth-order valence-electron chi connectivity index (χ4n) is 2.34. The summed E-state index contributed by atoms with van der Waals surface area (Å²) in [6.07, 6.45) is -5.27. The zero-order chi connectivity index (χ0) is 14.0. The highest BCUT2D eigenvalue weighted by molar-refractivity contribution is 5.16. The first-order valence-electron chi connectivity index (χ1n) is 6.08. The Morgan fingerprint density at radius 1 is 1.16 bits per heavy atom. The van der Waals surface area contributed by atoms with E-state index in [2.05, 4.69) is 0 Å². The van der Waals surface area contributed by atoms with Crippen molar-refractivity contribution in [2.45, 2.75) is 25.2 Å². The van der Waals surface area contributed by atoms with E-state index in [-0.39, 0.29) is 18.9 Å². The van der Waals surface area contributed by atoms with Crippen LogP contribution in [0.2, 0.25) is 0 Å². The molecule has 1 fully saturated rings. The van der Waals surface area contributed by atoms with Gasteiger partial charge in [-0.1, -0.05) is 12.1 Å². The molecule has 0 bridgehead atoms. The van der Waals surface area contributed by atoms with E-state index in [9.17, 15) is 23.4 Å². The van der Waals surface area contributed by atoms with Crippen LogP contribution in [0.25, 0.3) is 0 Å². The van der Waals surface area contributed by atoms with Crippen LogP contribution in [-0.2, 0) is 6.54 Å². The van der Waals surface area contributed by atoms with Crippen LogP contribution >= 0.6 is 0 Å². The number of halogens is 3. The van der Waals surface area contributed by atoms with Crippen molar-refractivity contribution in [3.63, 3.8) is 0 Å². The predicted molar refractivity (Wildman–Crippen MR) is 63.2 cm³/mol. The molecule has 1 unspecified atom stereocenters. The highest BCUT2D eigenvalue weighted by Gasteiger charge is 2.39. The number of aliphatic hydroxyl groups is 2. The Morgan fingerprint density at radius 2 is 1.79 bits per heavy atom. The van der Waals surface area contributed by atoms with Gasteiger partial charge in [0.15, 0.2) is 0 Å². The fraction of sp³-hybridized carbons (Fsp3) is 0.538. The van der Waals surface area contributed by atoms with Gasteiger partial charge >= 0.3 is 0 Å². The van der Waals surface area contributed by atoms with Gasteiger partial charge < -0.3 is 10.2 Å². The molecule has 1 aliphatic heterocycles. The topological polar surface area (TPSA) is 43.7 Å². The Labute approximate surface area is 109 Å². The number of nitrogens with zero attached hydrogens (tertiary/aromatic N) is 1. The molecule has 1 aromatic rings. The fourth-order valence-corrected chi connectivity index (χ4v) is 2.34. The summed E-state index contributed by atoms with van der Waals surface area (Å²) in [6.45, 7) is 0.475. The molecule has 106 valence electrons.